The monoisotopic (exact) mass is 395 g/mol. The highest BCUT2D eigenvalue weighted by Gasteiger charge is 2.23. The Morgan fingerprint density at radius 3 is 2.24 bits per heavy atom. The van der Waals surface area contributed by atoms with E-state index in [9.17, 15) is 4.79 Å². The summed E-state index contributed by atoms with van der Waals surface area (Å²) in [6.07, 6.45) is 1.72. The lowest BCUT2D eigenvalue weighted by molar-refractivity contribution is 0.0663. The maximum Gasteiger partial charge on any atom is 0.255 e. The van der Waals surface area contributed by atoms with Crippen molar-refractivity contribution in [3.05, 3.63) is 48.2 Å². The lowest BCUT2D eigenvalue weighted by atomic mass is 10.2. The van der Waals surface area contributed by atoms with Crippen LogP contribution in [0.3, 0.4) is 0 Å². The number of hydrogen-bond acceptors (Lipinski definition) is 6. The molecule has 154 valence electrons. The molecule has 0 aliphatic carbocycles. The molecule has 7 nitrogen and oxygen atoms in total. The third-order valence-electron chi connectivity index (χ3n) is 5.81. The van der Waals surface area contributed by atoms with Crippen LogP contribution in [-0.4, -0.2) is 87.2 Å². The van der Waals surface area contributed by atoms with E-state index in [1.54, 1.807) is 13.3 Å². The largest absolute Gasteiger partial charge is 0.495 e. The summed E-state index contributed by atoms with van der Waals surface area (Å²) < 4.78 is 5.50. The molecule has 2 aromatic rings. The zero-order valence-electron chi connectivity index (χ0n) is 17.3. The number of rotatable bonds is 4. The second-order valence-electron chi connectivity index (χ2n) is 7.65. The number of anilines is 2. The van der Waals surface area contributed by atoms with Gasteiger partial charge in [0.1, 0.15) is 11.6 Å². The Morgan fingerprint density at radius 2 is 1.59 bits per heavy atom. The van der Waals surface area contributed by atoms with Gasteiger partial charge in [-0.3, -0.25) is 4.79 Å². The van der Waals surface area contributed by atoms with Gasteiger partial charge in [0.05, 0.1) is 18.4 Å². The zero-order valence-corrected chi connectivity index (χ0v) is 17.3. The van der Waals surface area contributed by atoms with Crippen LogP contribution < -0.4 is 14.5 Å². The van der Waals surface area contributed by atoms with E-state index in [0.717, 1.165) is 69.6 Å². The Bertz CT molecular complexity index is 825. The molecule has 0 N–H and O–H groups in total. The van der Waals surface area contributed by atoms with Gasteiger partial charge in [-0.05, 0) is 31.3 Å². The highest BCUT2D eigenvalue weighted by molar-refractivity contribution is 5.94. The lowest BCUT2D eigenvalue weighted by Gasteiger charge is -2.37. The molecule has 29 heavy (non-hydrogen) atoms. The van der Waals surface area contributed by atoms with Crippen LogP contribution >= 0.6 is 0 Å². The van der Waals surface area contributed by atoms with Gasteiger partial charge < -0.3 is 24.3 Å². The molecule has 1 aromatic carbocycles. The number of carbonyl (C=O) groups is 1. The van der Waals surface area contributed by atoms with E-state index in [-0.39, 0.29) is 5.91 Å². The van der Waals surface area contributed by atoms with Crippen LogP contribution in [0.25, 0.3) is 0 Å². The summed E-state index contributed by atoms with van der Waals surface area (Å²) in [4.78, 5) is 26.1. The predicted octanol–water partition coefficient (Wildman–Crippen LogP) is 1.80. The number of methoxy groups -OCH3 is 1. The SMILES string of the molecule is COc1ccccc1N1CCN(c2ccc(C(=O)N3CCN(C)CC3)cn2)CC1. The minimum Gasteiger partial charge on any atom is -0.495 e. The number of amides is 1. The van der Waals surface area contributed by atoms with Crippen LogP contribution in [0, 0.1) is 0 Å². The quantitative estimate of drug-likeness (QED) is 0.787. The number of likely N-dealkylation sites (N-methyl/N-ethyl adjacent to an activating group) is 1. The van der Waals surface area contributed by atoms with Gasteiger partial charge in [-0.25, -0.2) is 4.98 Å². The molecule has 0 bridgehead atoms. The van der Waals surface area contributed by atoms with Gasteiger partial charge in [0.2, 0.25) is 0 Å². The van der Waals surface area contributed by atoms with E-state index in [2.05, 4.69) is 32.8 Å². The standard InChI is InChI=1S/C22H29N5O2/c1-24-9-11-27(12-10-24)22(28)18-7-8-21(23-17-18)26-15-13-25(14-16-26)19-5-3-4-6-20(19)29-2/h3-8,17H,9-16H2,1-2H3. The fourth-order valence-electron chi connectivity index (χ4n) is 3.96. The Balaban J connectivity index is 1.36. The van der Waals surface area contributed by atoms with Gasteiger partial charge in [0, 0.05) is 58.6 Å². The van der Waals surface area contributed by atoms with Gasteiger partial charge in [-0.1, -0.05) is 12.1 Å². The van der Waals surface area contributed by atoms with Crippen molar-refractivity contribution in [3.8, 4) is 5.75 Å². The molecule has 1 aromatic heterocycles. The molecule has 0 radical (unpaired) electrons. The third-order valence-corrected chi connectivity index (χ3v) is 5.81. The van der Waals surface area contributed by atoms with E-state index < -0.39 is 0 Å². The zero-order chi connectivity index (χ0) is 20.2. The maximum atomic E-state index is 12.7. The fraction of sp³-hybridized carbons (Fsp3) is 0.455. The van der Waals surface area contributed by atoms with Gasteiger partial charge in [-0.15, -0.1) is 0 Å². The summed E-state index contributed by atoms with van der Waals surface area (Å²) in [7, 11) is 3.80. The minimum atomic E-state index is 0.0816. The molecule has 3 heterocycles. The Hall–Kier alpha value is -2.80. The van der Waals surface area contributed by atoms with Crippen molar-refractivity contribution in [1.29, 1.82) is 0 Å². The summed E-state index contributed by atoms with van der Waals surface area (Å²) in [5.41, 5.74) is 1.81. The molecule has 0 saturated carbocycles. The van der Waals surface area contributed by atoms with Crippen LogP contribution in [0.4, 0.5) is 11.5 Å². The van der Waals surface area contributed by atoms with Crippen LogP contribution in [0.5, 0.6) is 5.75 Å². The van der Waals surface area contributed by atoms with Gasteiger partial charge >= 0.3 is 0 Å². The Morgan fingerprint density at radius 1 is 0.897 bits per heavy atom. The van der Waals surface area contributed by atoms with Crippen molar-refractivity contribution in [1.82, 2.24) is 14.8 Å². The summed E-state index contributed by atoms with van der Waals surface area (Å²) >= 11 is 0. The molecule has 2 aliphatic heterocycles. The maximum absolute atomic E-state index is 12.7. The Kier molecular flexibility index (Phi) is 5.85. The van der Waals surface area contributed by atoms with Crippen LogP contribution in [0.15, 0.2) is 42.6 Å². The van der Waals surface area contributed by atoms with Crippen molar-refractivity contribution >= 4 is 17.4 Å². The summed E-state index contributed by atoms with van der Waals surface area (Å²) in [6, 6.07) is 12.0. The molecular weight excluding hydrogens is 366 g/mol. The molecule has 2 saturated heterocycles. The first kappa shape index (κ1) is 19.5. The van der Waals surface area contributed by atoms with Crippen LogP contribution in [-0.2, 0) is 0 Å². The van der Waals surface area contributed by atoms with Crippen LogP contribution in [0.1, 0.15) is 10.4 Å². The fourth-order valence-corrected chi connectivity index (χ4v) is 3.96. The second kappa shape index (κ2) is 8.69. The first-order valence-corrected chi connectivity index (χ1v) is 10.2. The number of aromatic nitrogens is 1. The van der Waals surface area contributed by atoms with Gasteiger partial charge in [0.25, 0.3) is 5.91 Å². The van der Waals surface area contributed by atoms with E-state index >= 15 is 0 Å². The summed E-state index contributed by atoms with van der Waals surface area (Å²) in [6.45, 7) is 6.99. The van der Waals surface area contributed by atoms with Gasteiger partial charge in [0.15, 0.2) is 0 Å². The number of para-hydroxylation sites is 2. The topological polar surface area (TPSA) is 52.2 Å². The molecule has 4 rings (SSSR count). The van der Waals surface area contributed by atoms with E-state index in [1.807, 2.05) is 35.2 Å². The third kappa shape index (κ3) is 4.29. The van der Waals surface area contributed by atoms with Crippen molar-refractivity contribution < 1.29 is 9.53 Å². The first-order valence-electron chi connectivity index (χ1n) is 10.2. The minimum absolute atomic E-state index is 0.0816. The number of ether oxygens (including phenoxy) is 1. The number of nitrogens with zero attached hydrogens (tertiary/aromatic N) is 5. The summed E-state index contributed by atoms with van der Waals surface area (Å²) in [5.74, 6) is 1.92. The number of hydrogen-bond donors (Lipinski definition) is 0. The number of benzene rings is 1. The predicted molar refractivity (Wildman–Crippen MR) is 115 cm³/mol. The van der Waals surface area contributed by atoms with Crippen molar-refractivity contribution in [2.45, 2.75) is 0 Å². The first-order chi connectivity index (χ1) is 14.2. The number of piperazine rings is 2. The Labute approximate surface area is 172 Å². The molecule has 7 heteroatoms. The summed E-state index contributed by atoms with van der Waals surface area (Å²) in [5, 5.41) is 0. The molecular formula is C22H29N5O2. The van der Waals surface area contributed by atoms with Crippen molar-refractivity contribution in [2.75, 3.05) is 76.3 Å². The molecule has 2 aliphatic rings. The number of carbonyl (C=O) groups excluding carboxylic acids is 1. The smallest absolute Gasteiger partial charge is 0.255 e. The van der Waals surface area contributed by atoms with Crippen LogP contribution in [0.2, 0.25) is 0 Å². The van der Waals surface area contributed by atoms with E-state index in [1.165, 1.54) is 0 Å². The van der Waals surface area contributed by atoms with Gasteiger partial charge in [-0.2, -0.15) is 0 Å². The van der Waals surface area contributed by atoms with E-state index in [0.29, 0.717) is 5.56 Å². The normalized spacial score (nSPS) is 18.1. The average Bonchev–Trinajstić information content (AvgIpc) is 2.79. The molecule has 0 unspecified atom stereocenters. The second-order valence-corrected chi connectivity index (χ2v) is 7.65. The lowest BCUT2D eigenvalue weighted by Crippen LogP contribution is -2.47. The molecule has 0 atom stereocenters. The highest BCUT2D eigenvalue weighted by atomic mass is 16.5. The molecule has 0 spiro atoms. The molecule has 1 amide bonds. The average molecular weight is 396 g/mol. The van der Waals surface area contributed by atoms with E-state index in [4.69, 9.17) is 4.74 Å². The van der Waals surface area contributed by atoms with Crippen molar-refractivity contribution in [2.24, 2.45) is 0 Å². The number of pyridine rings is 1. The molecule has 2 fully saturated rings. The van der Waals surface area contributed by atoms with Crippen molar-refractivity contribution in [3.63, 3.8) is 0 Å². The highest BCUT2D eigenvalue weighted by Crippen LogP contribution is 2.29.